The molecule has 1 aromatic carbocycles. The van der Waals surface area contributed by atoms with Gasteiger partial charge in [-0.1, -0.05) is 36.9 Å². The molecule has 0 atom stereocenters. The van der Waals surface area contributed by atoms with E-state index in [0.717, 1.165) is 11.1 Å². The van der Waals surface area contributed by atoms with Crippen molar-refractivity contribution in [2.24, 2.45) is 0 Å². The van der Waals surface area contributed by atoms with Gasteiger partial charge >= 0.3 is 0 Å². The summed E-state index contributed by atoms with van der Waals surface area (Å²) in [6.45, 7) is 7.70. The number of rotatable bonds is 3. The molecule has 0 amide bonds. The Kier molecular flexibility index (Phi) is 4.29. The molecule has 0 aliphatic heterocycles. The maximum atomic E-state index is 8.85. The lowest BCUT2D eigenvalue weighted by Gasteiger charge is -2.05. The lowest BCUT2D eigenvalue weighted by atomic mass is 9.99. The van der Waals surface area contributed by atoms with Crippen molar-refractivity contribution >= 4 is 5.57 Å². The first-order chi connectivity index (χ1) is 7.69. The maximum Gasteiger partial charge on any atom is 0.0991 e. The molecule has 0 heterocycles. The molecule has 16 heavy (non-hydrogen) atoms. The summed E-state index contributed by atoms with van der Waals surface area (Å²) in [5, 5.41) is 8.85. The quantitative estimate of drug-likeness (QED) is 0.690. The van der Waals surface area contributed by atoms with E-state index >= 15 is 0 Å². The van der Waals surface area contributed by atoms with Crippen LogP contribution in [0.25, 0.3) is 5.57 Å². The predicted octanol–water partition coefficient (Wildman–Crippen LogP) is 4.01. The highest BCUT2D eigenvalue weighted by atomic mass is 14.2. The number of nitrogens with zero attached hydrogens (tertiary/aromatic N) is 1. The zero-order valence-electron chi connectivity index (χ0n) is 9.70. The largest absolute Gasteiger partial charge is 0.192 e. The van der Waals surface area contributed by atoms with Gasteiger partial charge in [-0.15, -0.1) is 0 Å². The van der Waals surface area contributed by atoms with Crippen LogP contribution in [-0.2, 0) is 0 Å². The fourth-order valence-electron chi connectivity index (χ4n) is 1.48. The summed E-state index contributed by atoms with van der Waals surface area (Å²) in [5.41, 5.74) is 4.14. The topological polar surface area (TPSA) is 23.8 Å². The number of benzene rings is 1. The Morgan fingerprint density at radius 2 is 2.12 bits per heavy atom. The highest BCUT2D eigenvalue weighted by Gasteiger charge is 2.01. The number of hydrogen-bond donors (Lipinski definition) is 0. The summed E-state index contributed by atoms with van der Waals surface area (Å²) in [7, 11) is 0. The fourth-order valence-corrected chi connectivity index (χ4v) is 1.48. The molecule has 0 radical (unpaired) electrons. The third-order valence-corrected chi connectivity index (χ3v) is 2.38. The van der Waals surface area contributed by atoms with Crippen molar-refractivity contribution < 1.29 is 0 Å². The summed E-state index contributed by atoms with van der Waals surface area (Å²) in [5.74, 6) is 0. The first-order valence-corrected chi connectivity index (χ1v) is 5.16. The van der Waals surface area contributed by atoms with Crippen LogP contribution in [0.2, 0.25) is 0 Å². The van der Waals surface area contributed by atoms with Gasteiger partial charge in [-0.3, -0.25) is 0 Å². The third-order valence-electron chi connectivity index (χ3n) is 2.38. The highest BCUT2D eigenvalue weighted by Crippen LogP contribution is 2.19. The van der Waals surface area contributed by atoms with E-state index in [1.54, 1.807) is 6.08 Å². The fraction of sp³-hybridized carbons (Fsp3) is 0.133. The van der Waals surface area contributed by atoms with Gasteiger partial charge in [-0.2, -0.15) is 5.26 Å². The zero-order chi connectivity index (χ0) is 12.0. The summed E-state index contributed by atoms with van der Waals surface area (Å²) >= 11 is 0. The Morgan fingerprint density at radius 3 is 2.75 bits per heavy atom. The molecule has 0 saturated carbocycles. The van der Waals surface area contributed by atoms with Crippen LogP contribution in [0.15, 0.2) is 49.1 Å². The highest BCUT2D eigenvalue weighted by molar-refractivity contribution is 5.69. The minimum atomic E-state index is 0.695. The number of nitriles is 1. The molecule has 0 spiro atoms. The molecular weight excluding hydrogens is 194 g/mol. The van der Waals surface area contributed by atoms with E-state index in [-0.39, 0.29) is 0 Å². The van der Waals surface area contributed by atoms with Crippen molar-refractivity contribution in [1.29, 1.82) is 5.26 Å². The summed E-state index contributed by atoms with van der Waals surface area (Å²) < 4.78 is 0. The predicted molar refractivity (Wildman–Crippen MR) is 68.9 cm³/mol. The van der Waals surface area contributed by atoms with Gasteiger partial charge in [0.15, 0.2) is 0 Å². The molecule has 80 valence electrons. The second-order valence-electron chi connectivity index (χ2n) is 3.61. The Morgan fingerprint density at radius 1 is 1.38 bits per heavy atom. The van der Waals surface area contributed by atoms with Gasteiger partial charge in [0.2, 0.25) is 0 Å². The Balaban J connectivity index is 3.12. The van der Waals surface area contributed by atoms with E-state index in [0.29, 0.717) is 5.56 Å². The molecular formula is C15H15N. The van der Waals surface area contributed by atoms with Gasteiger partial charge in [-0.25, -0.2) is 0 Å². The van der Waals surface area contributed by atoms with E-state index in [2.05, 4.69) is 12.6 Å². The van der Waals surface area contributed by atoms with Crippen LogP contribution < -0.4 is 0 Å². The smallest absolute Gasteiger partial charge is 0.0991 e. The molecule has 1 aromatic rings. The van der Waals surface area contributed by atoms with Gasteiger partial charge in [0.25, 0.3) is 0 Å². The molecule has 0 fully saturated rings. The van der Waals surface area contributed by atoms with Gasteiger partial charge in [0, 0.05) is 0 Å². The molecule has 0 bridgehead atoms. The SMILES string of the molecule is C=C/C=C\C=C(/C)c1cc(C#N)ccc1C. The Bertz CT molecular complexity index is 485. The lowest BCUT2D eigenvalue weighted by Crippen LogP contribution is -1.87. The van der Waals surface area contributed by atoms with Crippen LogP contribution in [0.3, 0.4) is 0 Å². The minimum absolute atomic E-state index is 0.695. The van der Waals surface area contributed by atoms with E-state index in [1.165, 1.54) is 5.56 Å². The van der Waals surface area contributed by atoms with Crippen LogP contribution in [0.5, 0.6) is 0 Å². The van der Waals surface area contributed by atoms with Gasteiger partial charge < -0.3 is 0 Å². The summed E-state index contributed by atoms with van der Waals surface area (Å²) in [6, 6.07) is 7.89. The van der Waals surface area contributed by atoms with E-state index in [1.807, 2.05) is 50.3 Å². The molecule has 0 aromatic heterocycles. The van der Waals surface area contributed by atoms with Crippen molar-refractivity contribution in [2.45, 2.75) is 13.8 Å². The second kappa shape index (κ2) is 5.72. The molecule has 0 aliphatic rings. The zero-order valence-corrected chi connectivity index (χ0v) is 9.70. The average molecular weight is 209 g/mol. The first-order valence-electron chi connectivity index (χ1n) is 5.16. The second-order valence-corrected chi connectivity index (χ2v) is 3.61. The first kappa shape index (κ1) is 12.0. The molecule has 0 unspecified atom stereocenters. The van der Waals surface area contributed by atoms with E-state index < -0.39 is 0 Å². The van der Waals surface area contributed by atoms with Crippen molar-refractivity contribution in [1.82, 2.24) is 0 Å². The van der Waals surface area contributed by atoms with Gasteiger partial charge in [0.05, 0.1) is 11.6 Å². The van der Waals surface area contributed by atoms with Crippen LogP contribution in [0.4, 0.5) is 0 Å². The third kappa shape index (κ3) is 2.96. The Labute approximate surface area is 97.0 Å². The van der Waals surface area contributed by atoms with Crippen molar-refractivity contribution in [3.8, 4) is 6.07 Å². The van der Waals surface area contributed by atoms with Crippen molar-refractivity contribution in [3.05, 3.63) is 65.8 Å². The molecule has 1 rings (SSSR count). The van der Waals surface area contributed by atoms with Crippen LogP contribution in [-0.4, -0.2) is 0 Å². The molecule has 1 heteroatoms. The Hall–Kier alpha value is -2.07. The van der Waals surface area contributed by atoms with Crippen molar-refractivity contribution in [2.75, 3.05) is 0 Å². The van der Waals surface area contributed by atoms with Gasteiger partial charge in [-0.05, 0) is 42.7 Å². The number of aryl methyl sites for hydroxylation is 1. The minimum Gasteiger partial charge on any atom is -0.192 e. The van der Waals surface area contributed by atoms with Crippen molar-refractivity contribution in [3.63, 3.8) is 0 Å². The summed E-state index contributed by atoms with van der Waals surface area (Å²) in [4.78, 5) is 0. The normalized spacial score (nSPS) is 11.4. The molecule has 1 nitrogen and oxygen atoms in total. The van der Waals surface area contributed by atoms with E-state index in [4.69, 9.17) is 5.26 Å². The van der Waals surface area contributed by atoms with Crippen LogP contribution in [0.1, 0.15) is 23.6 Å². The lowest BCUT2D eigenvalue weighted by molar-refractivity contribution is 1.38. The van der Waals surface area contributed by atoms with Gasteiger partial charge in [0.1, 0.15) is 0 Å². The average Bonchev–Trinajstić information content (AvgIpc) is 2.30. The number of allylic oxidation sites excluding steroid dienone is 5. The number of hydrogen-bond acceptors (Lipinski definition) is 1. The van der Waals surface area contributed by atoms with Crippen LogP contribution in [0, 0.1) is 18.3 Å². The molecule has 0 saturated heterocycles. The summed E-state index contributed by atoms with van der Waals surface area (Å²) in [6.07, 6.45) is 7.58. The molecule has 0 aliphatic carbocycles. The van der Waals surface area contributed by atoms with Crippen LogP contribution >= 0.6 is 0 Å². The van der Waals surface area contributed by atoms with E-state index in [9.17, 15) is 0 Å². The standard InChI is InChI=1S/C15H15N/c1-4-5-6-7-12(2)15-10-14(11-16)9-8-13(15)3/h4-10H,1H2,2-3H3/b6-5-,12-7+. The maximum absolute atomic E-state index is 8.85. The monoisotopic (exact) mass is 209 g/mol. The molecule has 0 N–H and O–H groups in total.